The van der Waals surface area contributed by atoms with E-state index >= 15 is 0 Å². The maximum Gasteiger partial charge on any atom is 0.336 e. The van der Waals surface area contributed by atoms with Crippen LogP contribution in [0.3, 0.4) is 0 Å². The Hall–Kier alpha value is -1.03. The van der Waals surface area contributed by atoms with Crippen molar-refractivity contribution in [3.8, 4) is 0 Å². The fourth-order valence-electron chi connectivity index (χ4n) is 0.690. The Morgan fingerprint density at radius 3 is 3.20 bits per heavy atom. The van der Waals surface area contributed by atoms with E-state index in [1.54, 1.807) is 13.1 Å². The molecule has 0 spiro atoms. The summed E-state index contributed by atoms with van der Waals surface area (Å²) in [4.78, 5) is 10.9. The molecule has 1 heterocycles. The van der Waals surface area contributed by atoms with Crippen LogP contribution in [0.5, 0.6) is 0 Å². The van der Waals surface area contributed by atoms with Crippen molar-refractivity contribution in [2.75, 3.05) is 13.2 Å². The minimum Gasteiger partial charge on any atom is -0.463 e. The number of nitrogens with one attached hydrogen (secondary N) is 2. The van der Waals surface area contributed by atoms with E-state index in [2.05, 4.69) is 10.9 Å². The lowest BCUT2D eigenvalue weighted by molar-refractivity contribution is -0.138. The molecule has 0 aromatic heterocycles. The van der Waals surface area contributed by atoms with E-state index < -0.39 is 0 Å². The molecule has 10 heavy (non-hydrogen) atoms. The first-order valence-electron chi connectivity index (χ1n) is 3.19. The Morgan fingerprint density at radius 2 is 2.70 bits per heavy atom. The van der Waals surface area contributed by atoms with Crippen LogP contribution in [0.1, 0.15) is 6.92 Å². The first-order chi connectivity index (χ1) is 4.84. The number of carbonyl (C=O) groups is 1. The summed E-state index contributed by atoms with van der Waals surface area (Å²) in [6.07, 6.45) is 1.61. The number of esters is 1. The second-order valence-corrected chi connectivity index (χ2v) is 1.89. The number of carbonyl (C=O) groups excluding carboxylic acids is 1. The Morgan fingerprint density at radius 1 is 1.90 bits per heavy atom. The second kappa shape index (κ2) is 3.22. The summed E-state index contributed by atoms with van der Waals surface area (Å²) in [6.45, 7) is 2.75. The Labute approximate surface area is 59.2 Å². The van der Waals surface area contributed by atoms with Crippen LogP contribution < -0.4 is 10.9 Å². The van der Waals surface area contributed by atoms with Gasteiger partial charge in [-0.25, -0.2) is 10.2 Å². The van der Waals surface area contributed by atoms with Gasteiger partial charge >= 0.3 is 5.97 Å². The fourth-order valence-corrected chi connectivity index (χ4v) is 0.690. The third kappa shape index (κ3) is 1.48. The third-order valence-electron chi connectivity index (χ3n) is 1.16. The van der Waals surface area contributed by atoms with Crippen LogP contribution >= 0.6 is 0 Å². The minimum atomic E-state index is -0.250. The molecule has 0 fully saturated rings. The number of ether oxygens (including phenoxy) is 1. The summed E-state index contributed by atoms with van der Waals surface area (Å²) >= 11 is 0. The van der Waals surface area contributed by atoms with Crippen molar-refractivity contribution in [1.82, 2.24) is 10.9 Å². The van der Waals surface area contributed by atoms with Crippen molar-refractivity contribution in [3.63, 3.8) is 0 Å². The summed E-state index contributed by atoms with van der Waals surface area (Å²) in [5, 5.41) is 0. The van der Waals surface area contributed by atoms with Crippen molar-refractivity contribution in [2.45, 2.75) is 6.92 Å². The predicted molar refractivity (Wildman–Crippen MR) is 35.9 cm³/mol. The predicted octanol–water partition coefficient (Wildman–Crippen LogP) is -0.459. The van der Waals surface area contributed by atoms with Crippen LogP contribution in [0.2, 0.25) is 0 Å². The molecule has 0 aliphatic carbocycles. The van der Waals surface area contributed by atoms with Crippen LogP contribution in [0.15, 0.2) is 11.8 Å². The zero-order chi connectivity index (χ0) is 7.40. The van der Waals surface area contributed by atoms with E-state index in [4.69, 9.17) is 4.74 Å². The summed E-state index contributed by atoms with van der Waals surface area (Å²) in [5.41, 5.74) is 6.11. The van der Waals surface area contributed by atoms with Gasteiger partial charge in [0.1, 0.15) is 0 Å². The Kier molecular flexibility index (Phi) is 2.28. The van der Waals surface area contributed by atoms with E-state index in [-0.39, 0.29) is 5.97 Å². The molecule has 2 N–H and O–H groups in total. The van der Waals surface area contributed by atoms with Crippen molar-refractivity contribution >= 4 is 5.97 Å². The van der Waals surface area contributed by atoms with Gasteiger partial charge in [0.15, 0.2) is 0 Å². The highest BCUT2D eigenvalue weighted by molar-refractivity contribution is 5.89. The molecule has 1 aliphatic rings. The minimum absolute atomic E-state index is 0.250. The number of hydrogen-bond acceptors (Lipinski definition) is 4. The second-order valence-electron chi connectivity index (χ2n) is 1.89. The van der Waals surface area contributed by atoms with Gasteiger partial charge in [-0.05, 0) is 6.92 Å². The molecule has 0 amide bonds. The zero-order valence-corrected chi connectivity index (χ0v) is 5.81. The Bertz CT molecular complexity index is 165. The van der Waals surface area contributed by atoms with Crippen LogP contribution in [-0.2, 0) is 9.53 Å². The van der Waals surface area contributed by atoms with Crippen molar-refractivity contribution in [1.29, 1.82) is 0 Å². The fraction of sp³-hybridized carbons (Fsp3) is 0.500. The van der Waals surface area contributed by atoms with Crippen molar-refractivity contribution in [2.24, 2.45) is 0 Å². The molecular weight excluding hydrogens is 132 g/mol. The summed E-state index contributed by atoms with van der Waals surface area (Å²) in [6, 6.07) is 0. The van der Waals surface area contributed by atoms with E-state index in [1.165, 1.54) is 0 Å². The van der Waals surface area contributed by atoms with Gasteiger partial charge in [-0.15, -0.1) is 0 Å². The number of hydrazine groups is 1. The molecule has 0 saturated heterocycles. The maximum absolute atomic E-state index is 10.9. The SMILES string of the molecule is CCOC(=O)C1=CNNC1. The lowest BCUT2D eigenvalue weighted by atomic mass is 10.3. The average molecular weight is 142 g/mol. The molecule has 0 aromatic rings. The molecule has 4 heteroatoms. The van der Waals surface area contributed by atoms with E-state index in [0.29, 0.717) is 18.7 Å². The van der Waals surface area contributed by atoms with Gasteiger partial charge in [-0.3, -0.25) is 0 Å². The van der Waals surface area contributed by atoms with Crippen molar-refractivity contribution < 1.29 is 9.53 Å². The topological polar surface area (TPSA) is 50.4 Å². The molecule has 56 valence electrons. The van der Waals surface area contributed by atoms with Gasteiger partial charge in [-0.2, -0.15) is 0 Å². The van der Waals surface area contributed by atoms with Gasteiger partial charge in [-0.1, -0.05) is 0 Å². The van der Waals surface area contributed by atoms with Crippen LogP contribution in [0, 0.1) is 0 Å². The van der Waals surface area contributed by atoms with Gasteiger partial charge < -0.3 is 10.2 Å². The lowest BCUT2D eigenvalue weighted by Crippen LogP contribution is -2.21. The molecule has 0 unspecified atom stereocenters. The van der Waals surface area contributed by atoms with Gasteiger partial charge in [0.25, 0.3) is 0 Å². The van der Waals surface area contributed by atoms with Crippen LogP contribution in [0.4, 0.5) is 0 Å². The highest BCUT2D eigenvalue weighted by atomic mass is 16.5. The van der Waals surface area contributed by atoms with Crippen LogP contribution in [0.25, 0.3) is 0 Å². The first-order valence-corrected chi connectivity index (χ1v) is 3.19. The third-order valence-corrected chi connectivity index (χ3v) is 1.16. The molecule has 1 rings (SSSR count). The molecule has 0 saturated carbocycles. The number of hydrogen-bond donors (Lipinski definition) is 2. The highest BCUT2D eigenvalue weighted by Crippen LogP contribution is 1.97. The van der Waals surface area contributed by atoms with Gasteiger partial charge in [0.05, 0.1) is 12.2 Å². The van der Waals surface area contributed by atoms with Gasteiger partial charge in [0, 0.05) is 12.7 Å². The molecule has 0 aromatic carbocycles. The standard InChI is InChI=1S/C6H10N2O2/c1-2-10-6(9)5-3-7-8-4-5/h3,7-8H,2,4H2,1H3. The average Bonchev–Trinajstić information content (AvgIpc) is 2.38. The Balaban J connectivity index is 2.40. The number of rotatable bonds is 2. The molecule has 1 aliphatic heterocycles. The first kappa shape index (κ1) is 7.08. The zero-order valence-electron chi connectivity index (χ0n) is 5.81. The largest absolute Gasteiger partial charge is 0.463 e. The smallest absolute Gasteiger partial charge is 0.336 e. The van der Waals surface area contributed by atoms with E-state index in [1.807, 2.05) is 0 Å². The molecule has 0 atom stereocenters. The summed E-state index contributed by atoms with van der Waals surface area (Å²) in [7, 11) is 0. The molecule has 4 nitrogen and oxygen atoms in total. The lowest BCUT2D eigenvalue weighted by Gasteiger charge is -1.98. The molecule has 0 radical (unpaired) electrons. The van der Waals surface area contributed by atoms with Crippen molar-refractivity contribution in [3.05, 3.63) is 11.8 Å². The molecule has 0 bridgehead atoms. The van der Waals surface area contributed by atoms with Crippen LogP contribution in [-0.4, -0.2) is 19.1 Å². The van der Waals surface area contributed by atoms with Gasteiger partial charge in [0.2, 0.25) is 0 Å². The monoisotopic (exact) mass is 142 g/mol. The summed E-state index contributed by atoms with van der Waals surface area (Å²) in [5.74, 6) is -0.250. The summed E-state index contributed by atoms with van der Waals surface area (Å²) < 4.78 is 4.74. The quantitative estimate of drug-likeness (QED) is 0.512. The normalized spacial score (nSPS) is 15.9. The van der Waals surface area contributed by atoms with E-state index in [0.717, 1.165) is 0 Å². The highest BCUT2D eigenvalue weighted by Gasteiger charge is 2.12. The van der Waals surface area contributed by atoms with E-state index in [9.17, 15) is 4.79 Å². The maximum atomic E-state index is 10.9. The molecular formula is C6H10N2O2.